The van der Waals surface area contributed by atoms with E-state index in [0.29, 0.717) is 73.9 Å². The van der Waals surface area contributed by atoms with Crippen molar-refractivity contribution in [2.45, 2.75) is 81.7 Å². The number of alkyl halides is 1. The Morgan fingerprint density at radius 1 is 0.706 bits per heavy atom. The van der Waals surface area contributed by atoms with Gasteiger partial charge in [-0.05, 0) is 73.2 Å². The van der Waals surface area contributed by atoms with Crippen LogP contribution in [0.25, 0.3) is 21.5 Å². The number of hydrogen-bond donors (Lipinski definition) is 5. The number of ether oxygens (including phenoxy) is 2. The second-order valence-electron chi connectivity index (χ2n) is 21.4. The molecule has 0 saturated carbocycles. The average molecular weight is 1200 g/mol. The van der Waals surface area contributed by atoms with E-state index >= 15 is 0 Å². The van der Waals surface area contributed by atoms with Crippen LogP contribution < -0.4 is 46.3 Å². The number of likely N-dealkylation sites (N-methyl/N-ethyl adjacent to an activating group) is 1. The summed E-state index contributed by atoms with van der Waals surface area (Å²) in [6.45, 7) is 3.24. The monoisotopic (exact) mass is 1200 g/mol. The molecule has 5 aromatic carbocycles. The molecule has 5 aromatic rings. The molecular weight excluding hydrogens is 1130 g/mol. The maximum Gasteiger partial charge on any atom is 0.415 e. The van der Waals surface area contributed by atoms with Crippen LogP contribution in [0.2, 0.25) is 0 Å². The molecule has 0 spiro atoms. The smallest absolute Gasteiger partial charge is 0.415 e. The molecule has 21 nitrogen and oxygen atoms in total. The van der Waals surface area contributed by atoms with Gasteiger partial charge in [-0.25, -0.2) is 9.59 Å². The van der Waals surface area contributed by atoms with Gasteiger partial charge >= 0.3 is 12.1 Å². The molecule has 1 unspecified atom stereocenters. The Morgan fingerprint density at radius 2 is 1.33 bits per heavy atom. The second kappa shape index (κ2) is 28.4. The predicted octanol–water partition coefficient (Wildman–Crippen LogP) is 7.47. The van der Waals surface area contributed by atoms with E-state index in [0.717, 1.165) is 56.2 Å². The van der Waals surface area contributed by atoms with Crippen LogP contribution in [0.15, 0.2) is 109 Å². The Balaban J connectivity index is 0.806. The van der Waals surface area contributed by atoms with Crippen LogP contribution in [0, 0.1) is 0 Å². The third-order valence-corrected chi connectivity index (χ3v) is 16.1. The van der Waals surface area contributed by atoms with E-state index in [1.54, 1.807) is 45.0 Å². The summed E-state index contributed by atoms with van der Waals surface area (Å²) in [6, 6.07) is 24.1. The predicted molar refractivity (Wildman–Crippen MR) is 323 cm³/mol. The highest BCUT2D eigenvalue weighted by molar-refractivity contribution is 6.25. The van der Waals surface area contributed by atoms with Crippen molar-refractivity contribution in [2.24, 2.45) is 5.73 Å². The highest BCUT2D eigenvalue weighted by Crippen LogP contribution is 2.48. The Bertz CT molecular complexity index is 3420. The fourth-order valence-electron chi connectivity index (χ4n) is 11.1. The third-order valence-electron chi connectivity index (χ3n) is 15.6. The summed E-state index contributed by atoms with van der Waals surface area (Å²) in [5.41, 5.74) is 10.8. The van der Waals surface area contributed by atoms with E-state index in [1.165, 1.54) is 17.7 Å². The number of hydrogen-bond acceptors (Lipinski definition) is 12. The number of fused-ring (bicyclic) bond motifs is 6. The van der Waals surface area contributed by atoms with Gasteiger partial charge in [-0.2, -0.15) is 0 Å². The van der Waals surface area contributed by atoms with Gasteiger partial charge in [-0.3, -0.25) is 38.5 Å². The van der Waals surface area contributed by atoms with Crippen molar-refractivity contribution in [3.05, 3.63) is 125 Å². The Kier molecular flexibility index (Phi) is 20.4. The van der Waals surface area contributed by atoms with E-state index in [2.05, 4.69) is 26.2 Å². The van der Waals surface area contributed by atoms with Crippen LogP contribution in [0.3, 0.4) is 0 Å². The number of nitrogens with two attached hydrogens (primary N) is 1. The number of unbranched alkanes of at least 4 members (excludes halogenated alkanes) is 2. The number of halogens is 2. The molecule has 0 bridgehead atoms. The van der Waals surface area contributed by atoms with Gasteiger partial charge in [0.1, 0.15) is 24.1 Å². The summed E-state index contributed by atoms with van der Waals surface area (Å²) in [5, 5.41) is 13.3. The first-order valence-electron chi connectivity index (χ1n) is 28.5. The van der Waals surface area contributed by atoms with Crippen molar-refractivity contribution in [2.75, 3.05) is 81.1 Å². The van der Waals surface area contributed by atoms with Crippen LogP contribution in [0.5, 0.6) is 11.5 Å². The number of piperazine rings is 1. The van der Waals surface area contributed by atoms with Gasteiger partial charge in [0, 0.05) is 129 Å². The van der Waals surface area contributed by atoms with E-state index < -0.39 is 35.4 Å². The van der Waals surface area contributed by atoms with E-state index in [1.807, 2.05) is 67.7 Å². The van der Waals surface area contributed by atoms with E-state index in [-0.39, 0.29) is 100 Å². The molecule has 6 N–H and O–H groups in total. The Labute approximate surface area is 501 Å². The molecule has 0 aliphatic carbocycles. The lowest BCUT2D eigenvalue weighted by molar-refractivity contribution is -0.137. The van der Waals surface area contributed by atoms with Crippen molar-refractivity contribution in [1.29, 1.82) is 0 Å². The minimum Gasteiger partial charge on any atom is -0.488 e. The quantitative estimate of drug-likeness (QED) is 0.0229. The van der Waals surface area contributed by atoms with Crippen LogP contribution in [-0.2, 0) is 40.2 Å². The number of carbonyl (C=O) groups is 9. The molecule has 4 aliphatic heterocycles. The van der Waals surface area contributed by atoms with Crippen molar-refractivity contribution in [3.63, 3.8) is 0 Å². The fourth-order valence-corrected chi connectivity index (χ4v) is 11.6. The van der Waals surface area contributed by atoms with Crippen LogP contribution in [-0.4, -0.2) is 140 Å². The Hall–Kier alpha value is -8.53. The standard InChI is InChI=1S/C62H68Cl2N10O11/c1-70-29-31-71(32-30-70)62(83)85-51-34-49-59(45-14-7-5-12-43(45)51)46(64)37-74(49)55(78)18-9-17-54(77)73-36-40(25-26-63)58-44-13-6-4-11-42(44)50(33-48(58)73)84-38-39-19-21-41(22-20-39)68-60(81)47(15-10-27-66-61(65)82)69-53(76)35-67-52(75)16-3-2-8-28-72-56(79)23-24-57(72)80/h4-7,11-14,19-26,33-34,40,46-47H,2-3,8-10,15-18,27-32,35-38H2,1H3,(H,67,75)(H,68,81)(H,69,76)(H3,65,66,82)/b26-25+/t40?,46-,47+/m1/s1. The molecular formula is C62H68Cl2N10O11. The molecule has 85 heavy (non-hydrogen) atoms. The summed E-state index contributed by atoms with van der Waals surface area (Å²) < 4.78 is 12.6. The lowest BCUT2D eigenvalue weighted by atomic mass is 9.94. The van der Waals surface area contributed by atoms with Crippen molar-refractivity contribution in [3.8, 4) is 11.5 Å². The Morgan fingerprint density at radius 3 is 2.00 bits per heavy atom. The van der Waals surface area contributed by atoms with Gasteiger partial charge in [0.15, 0.2) is 0 Å². The summed E-state index contributed by atoms with van der Waals surface area (Å²) in [4.78, 5) is 124. The van der Waals surface area contributed by atoms with Gasteiger partial charge in [0.25, 0.3) is 11.8 Å². The molecule has 23 heteroatoms. The first-order valence-corrected chi connectivity index (χ1v) is 29.4. The van der Waals surface area contributed by atoms with Crippen LogP contribution >= 0.6 is 23.2 Å². The topological polar surface area (TPSA) is 262 Å². The fraction of sp³-hybridized carbons (Fsp3) is 0.371. The molecule has 3 atom stereocenters. The van der Waals surface area contributed by atoms with Gasteiger partial charge < -0.3 is 56.1 Å². The normalized spacial score (nSPS) is 16.9. The highest BCUT2D eigenvalue weighted by Gasteiger charge is 2.37. The molecule has 9 rings (SSSR count). The number of primary amides is 1. The van der Waals surface area contributed by atoms with Crippen LogP contribution in [0.4, 0.5) is 26.7 Å². The zero-order chi connectivity index (χ0) is 60.1. The zero-order valence-corrected chi connectivity index (χ0v) is 48.6. The average Bonchev–Trinajstić information content (AvgIpc) is 2.02. The number of carbonyl (C=O) groups excluding carboxylic acids is 9. The van der Waals surface area contributed by atoms with Crippen molar-refractivity contribution < 1.29 is 52.6 Å². The number of benzene rings is 5. The van der Waals surface area contributed by atoms with Gasteiger partial charge in [0.2, 0.25) is 29.5 Å². The molecule has 0 radical (unpaired) electrons. The van der Waals surface area contributed by atoms with Crippen molar-refractivity contribution in [1.82, 2.24) is 30.7 Å². The molecule has 1 fully saturated rings. The van der Waals surface area contributed by atoms with Gasteiger partial charge in [-0.1, -0.05) is 84.8 Å². The summed E-state index contributed by atoms with van der Waals surface area (Å²) in [7, 11) is 2.01. The third kappa shape index (κ3) is 15.1. The molecule has 10 amide bonds. The minimum atomic E-state index is -1.04. The SMILES string of the molecule is CN1CCN(C(=O)Oc2cc3c(c4ccccc24)[C@H](Cl)CN3C(=O)CCCC(=O)N2CC(/C=C/Cl)c3c2cc(OCc2ccc(NC(=O)[C@H](CCCNC(N)=O)NC(=O)CNC(=O)CCCCCN4C(=O)C=CC4=O)cc2)c2ccccc32)CC1. The number of imide groups is 1. The molecule has 1 saturated heterocycles. The van der Waals surface area contributed by atoms with E-state index in [9.17, 15) is 43.2 Å². The molecule has 4 heterocycles. The molecule has 0 aromatic heterocycles. The number of amides is 10. The van der Waals surface area contributed by atoms with Crippen LogP contribution in [0.1, 0.15) is 85.8 Å². The number of rotatable bonds is 24. The maximum absolute atomic E-state index is 14.3. The lowest BCUT2D eigenvalue weighted by Gasteiger charge is -2.31. The first-order chi connectivity index (χ1) is 41.1. The maximum atomic E-state index is 14.3. The van der Waals surface area contributed by atoms with E-state index in [4.69, 9.17) is 38.4 Å². The number of anilines is 3. The number of nitrogens with zero attached hydrogens (tertiary/aromatic N) is 5. The highest BCUT2D eigenvalue weighted by atomic mass is 35.5. The number of nitrogens with one attached hydrogen (secondary N) is 4. The minimum absolute atomic E-state index is 0.0615. The summed E-state index contributed by atoms with van der Waals surface area (Å²) in [6.07, 6.45) is 6.37. The second-order valence-corrected chi connectivity index (χ2v) is 22.2. The van der Waals surface area contributed by atoms with Gasteiger partial charge in [-0.15, -0.1) is 11.6 Å². The van der Waals surface area contributed by atoms with Crippen molar-refractivity contribution >= 4 is 115 Å². The number of urea groups is 1. The first kappa shape index (κ1) is 61.0. The lowest BCUT2D eigenvalue weighted by Crippen LogP contribution is -2.48. The summed E-state index contributed by atoms with van der Waals surface area (Å²) >= 11 is 13.2. The largest absolute Gasteiger partial charge is 0.488 e. The molecule has 4 aliphatic rings. The molecule has 446 valence electrons. The summed E-state index contributed by atoms with van der Waals surface area (Å²) in [5.74, 6) is -1.97. The van der Waals surface area contributed by atoms with Gasteiger partial charge in [0.05, 0.1) is 23.3 Å². The zero-order valence-electron chi connectivity index (χ0n) is 47.1.